The number of rotatable bonds is 3. The molecule has 1 nitrogen and oxygen atoms in total. The molecule has 1 aromatic rings. The van der Waals surface area contributed by atoms with Gasteiger partial charge in [-0.15, -0.1) is 0 Å². The Hall–Kier alpha value is -0.530. The normalized spacial score (nSPS) is 12.9. The molecule has 0 aliphatic rings. The largest absolute Gasteiger partial charge is 0.327 e. The van der Waals surface area contributed by atoms with Crippen LogP contribution >= 0.6 is 11.6 Å². The molecule has 0 aromatic heterocycles. The Morgan fingerprint density at radius 2 is 2.15 bits per heavy atom. The summed E-state index contributed by atoms with van der Waals surface area (Å²) in [6, 6.07) is 6.36. The van der Waals surface area contributed by atoms with Gasteiger partial charge in [0.1, 0.15) is 0 Å². The summed E-state index contributed by atoms with van der Waals surface area (Å²) >= 11 is 5.92. The minimum absolute atomic E-state index is 0.264. The van der Waals surface area contributed by atoms with Crippen molar-refractivity contribution < 1.29 is 0 Å². The highest BCUT2D eigenvalue weighted by atomic mass is 35.5. The lowest BCUT2D eigenvalue weighted by Gasteiger charge is -2.09. The van der Waals surface area contributed by atoms with Crippen LogP contribution in [0.25, 0.3) is 0 Å². The van der Waals surface area contributed by atoms with Gasteiger partial charge in [0, 0.05) is 11.1 Å². The summed E-state index contributed by atoms with van der Waals surface area (Å²) in [4.78, 5) is 0. The molecule has 0 amide bonds. The maximum absolute atomic E-state index is 5.92. The van der Waals surface area contributed by atoms with E-state index >= 15 is 0 Å². The van der Waals surface area contributed by atoms with Gasteiger partial charge in [0.2, 0.25) is 0 Å². The van der Waals surface area contributed by atoms with E-state index in [0.717, 1.165) is 23.4 Å². The Kier molecular flexibility index (Phi) is 3.76. The fourth-order valence-electron chi connectivity index (χ4n) is 1.28. The number of aryl methyl sites for hydroxylation is 1. The second-order valence-corrected chi connectivity index (χ2v) is 3.86. The molecule has 1 aromatic carbocycles. The molecular formula is C11H16ClN. The maximum Gasteiger partial charge on any atom is 0.0435 e. The van der Waals surface area contributed by atoms with Gasteiger partial charge in [0.25, 0.3) is 0 Å². The van der Waals surface area contributed by atoms with Crippen LogP contribution in [0.5, 0.6) is 0 Å². The molecule has 1 atom stereocenters. The summed E-state index contributed by atoms with van der Waals surface area (Å²) in [5.41, 5.74) is 8.26. The van der Waals surface area contributed by atoms with Crippen LogP contribution in [0, 0.1) is 6.92 Å². The molecule has 0 heterocycles. The lowest BCUT2D eigenvalue weighted by Crippen LogP contribution is -2.21. The van der Waals surface area contributed by atoms with E-state index in [1.165, 1.54) is 5.56 Å². The Labute approximate surface area is 84.9 Å². The van der Waals surface area contributed by atoms with E-state index in [1.807, 2.05) is 19.1 Å². The number of nitrogens with two attached hydrogens (primary N) is 1. The highest BCUT2D eigenvalue weighted by Crippen LogP contribution is 2.17. The summed E-state index contributed by atoms with van der Waals surface area (Å²) in [7, 11) is 0. The van der Waals surface area contributed by atoms with Gasteiger partial charge in [-0.05, 0) is 37.0 Å². The fraction of sp³-hybridized carbons (Fsp3) is 0.455. The van der Waals surface area contributed by atoms with E-state index < -0.39 is 0 Å². The molecule has 0 saturated carbocycles. The molecule has 0 bridgehead atoms. The Morgan fingerprint density at radius 1 is 1.46 bits per heavy atom. The van der Waals surface area contributed by atoms with Crippen LogP contribution in [0.2, 0.25) is 5.02 Å². The summed E-state index contributed by atoms with van der Waals surface area (Å²) in [6.45, 7) is 4.12. The Morgan fingerprint density at radius 3 is 2.69 bits per heavy atom. The van der Waals surface area contributed by atoms with Crippen LogP contribution in [0.15, 0.2) is 18.2 Å². The zero-order valence-electron chi connectivity index (χ0n) is 8.18. The van der Waals surface area contributed by atoms with Gasteiger partial charge in [-0.1, -0.05) is 30.7 Å². The monoisotopic (exact) mass is 197 g/mol. The van der Waals surface area contributed by atoms with E-state index in [1.54, 1.807) is 0 Å². The first-order valence-electron chi connectivity index (χ1n) is 4.64. The van der Waals surface area contributed by atoms with Crippen molar-refractivity contribution in [2.75, 3.05) is 0 Å². The lowest BCUT2D eigenvalue weighted by atomic mass is 10.0. The highest BCUT2D eigenvalue weighted by molar-refractivity contribution is 6.31. The molecule has 2 N–H and O–H groups in total. The van der Waals surface area contributed by atoms with E-state index in [-0.39, 0.29) is 6.04 Å². The average molecular weight is 198 g/mol. The Bertz CT molecular complexity index is 283. The molecule has 2 heteroatoms. The molecular weight excluding hydrogens is 182 g/mol. The maximum atomic E-state index is 5.92. The zero-order valence-corrected chi connectivity index (χ0v) is 8.93. The van der Waals surface area contributed by atoms with Crippen LogP contribution in [-0.2, 0) is 6.42 Å². The molecule has 0 radical (unpaired) electrons. The van der Waals surface area contributed by atoms with Crippen LogP contribution in [0.4, 0.5) is 0 Å². The van der Waals surface area contributed by atoms with Gasteiger partial charge < -0.3 is 5.73 Å². The van der Waals surface area contributed by atoms with Crippen LogP contribution in [-0.4, -0.2) is 6.04 Å². The number of benzene rings is 1. The average Bonchev–Trinajstić information content (AvgIpc) is 2.11. The lowest BCUT2D eigenvalue weighted by molar-refractivity contribution is 0.646. The van der Waals surface area contributed by atoms with Gasteiger partial charge in [0.15, 0.2) is 0 Å². The predicted molar refractivity (Wildman–Crippen MR) is 58.2 cm³/mol. The summed E-state index contributed by atoms with van der Waals surface area (Å²) in [5.74, 6) is 0. The first-order valence-corrected chi connectivity index (χ1v) is 5.02. The molecule has 1 rings (SSSR count). The van der Waals surface area contributed by atoms with Gasteiger partial charge in [0.05, 0.1) is 0 Å². The summed E-state index contributed by atoms with van der Waals surface area (Å²) < 4.78 is 0. The molecule has 0 fully saturated rings. The van der Waals surface area contributed by atoms with Crippen LogP contribution in [0.1, 0.15) is 24.5 Å². The fourth-order valence-corrected chi connectivity index (χ4v) is 1.40. The van der Waals surface area contributed by atoms with Crippen molar-refractivity contribution in [1.29, 1.82) is 0 Å². The van der Waals surface area contributed by atoms with Gasteiger partial charge in [-0.2, -0.15) is 0 Å². The molecule has 0 aliphatic heterocycles. The minimum atomic E-state index is 0.264. The number of hydrogen-bond donors (Lipinski definition) is 1. The molecule has 0 aliphatic carbocycles. The molecule has 1 unspecified atom stereocenters. The first kappa shape index (κ1) is 10.6. The van der Waals surface area contributed by atoms with Crippen LogP contribution in [0.3, 0.4) is 0 Å². The molecule has 13 heavy (non-hydrogen) atoms. The third-order valence-corrected chi connectivity index (χ3v) is 2.67. The third-order valence-electron chi connectivity index (χ3n) is 2.24. The van der Waals surface area contributed by atoms with E-state index in [0.29, 0.717) is 0 Å². The van der Waals surface area contributed by atoms with Gasteiger partial charge in [-0.3, -0.25) is 0 Å². The minimum Gasteiger partial charge on any atom is -0.327 e. The van der Waals surface area contributed by atoms with Crippen LogP contribution < -0.4 is 5.73 Å². The van der Waals surface area contributed by atoms with Crippen molar-refractivity contribution in [3.63, 3.8) is 0 Å². The molecule has 0 spiro atoms. The SMILES string of the molecule is CCC(N)Cc1ccc(Cl)c(C)c1. The van der Waals surface area contributed by atoms with Crippen molar-refractivity contribution in [3.05, 3.63) is 34.3 Å². The molecule has 0 saturated heterocycles. The van der Waals surface area contributed by atoms with Crippen molar-refractivity contribution in [2.24, 2.45) is 5.73 Å². The third kappa shape index (κ3) is 3.02. The van der Waals surface area contributed by atoms with E-state index in [2.05, 4.69) is 13.0 Å². The smallest absolute Gasteiger partial charge is 0.0435 e. The zero-order chi connectivity index (χ0) is 9.84. The van der Waals surface area contributed by atoms with Gasteiger partial charge >= 0.3 is 0 Å². The standard InChI is InChI=1S/C11H16ClN/c1-3-10(13)7-9-4-5-11(12)8(2)6-9/h4-6,10H,3,7,13H2,1-2H3. The molecule has 72 valence electrons. The van der Waals surface area contributed by atoms with E-state index in [4.69, 9.17) is 17.3 Å². The topological polar surface area (TPSA) is 26.0 Å². The summed E-state index contributed by atoms with van der Waals surface area (Å²) in [6.07, 6.45) is 1.95. The summed E-state index contributed by atoms with van der Waals surface area (Å²) in [5, 5.41) is 0.828. The van der Waals surface area contributed by atoms with Crippen molar-refractivity contribution >= 4 is 11.6 Å². The van der Waals surface area contributed by atoms with E-state index in [9.17, 15) is 0 Å². The first-order chi connectivity index (χ1) is 6.13. The second-order valence-electron chi connectivity index (χ2n) is 3.46. The Balaban J connectivity index is 2.73. The second kappa shape index (κ2) is 4.64. The number of hydrogen-bond acceptors (Lipinski definition) is 1. The number of halogens is 1. The van der Waals surface area contributed by atoms with Crippen molar-refractivity contribution in [2.45, 2.75) is 32.7 Å². The highest BCUT2D eigenvalue weighted by Gasteiger charge is 2.02. The predicted octanol–water partition coefficient (Wildman–Crippen LogP) is 2.93. The quantitative estimate of drug-likeness (QED) is 0.793. The van der Waals surface area contributed by atoms with Gasteiger partial charge in [-0.25, -0.2) is 0 Å². The van der Waals surface area contributed by atoms with Crippen molar-refractivity contribution in [1.82, 2.24) is 0 Å². The van der Waals surface area contributed by atoms with Crippen molar-refractivity contribution in [3.8, 4) is 0 Å².